The van der Waals surface area contributed by atoms with Crippen LogP contribution in [0.25, 0.3) is 0 Å². The molecule has 0 spiro atoms. The second kappa shape index (κ2) is 42.6. The van der Waals surface area contributed by atoms with Gasteiger partial charge in [0.05, 0.1) is 0 Å². The minimum Gasteiger partial charge on any atom is -0.462 e. The van der Waals surface area contributed by atoms with Crippen LogP contribution in [0.1, 0.15) is 265 Å². The van der Waals surface area contributed by atoms with Crippen LogP contribution in [0.5, 0.6) is 0 Å². The fourth-order valence-corrected chi connectivity index (χ4v) is 7.16. The predicted octanol–water partition coefficient (Wildman–Crippen LogP) is 15.1. The summed E-state index contributed by atoms with van der Waals surface area (Å²) in [6, 6.07) is 0. The van der Waals surface area contributed by atoms with E-state index >= 15 is 0 Å². The number of unbranched alkanes of at least 4 members (excludes halogenated alkanes) is 30. The molecule has 6 nitrogen and oxygen atoms in total. The monoisotopic (exact) mass is 765 g/mol. The van der Waals surface area contributed by atoms with Gasteiger partial charge in [0.25, 0.3) is 0 Å². The summed E-state index contributed by atoms with van der Waals surface area (Å²) in [5.74, 6) is -0.0278. The fraction of sp³-hybridized carbons (Fsp3) is 0.938. The fourth-order valence-electron chi connectivity index (χ4n) is 7.16. The molecule has 0 aromatic rings. The van der Waals surface area contributed by atoms with Crippen molar-refractivity contribution < 1.29 is 28.6 Å². The zero-order valence-electron chi connectivity index (χ0n) is 36.7. The third-order valence-electron chi connectivity index (χ3n) is 10.8. The van der Waals surface area contributed by atoms with Crippen molar-refractivity contribution in [2.45, 2.75) is 271 Å². The maximum Gasteiger partial charge on any atom is 0.306 e. The van der Waals surface area contributed by atoms with Crippen LogP contribution in [0.4, 0.5) is 0 Å². The second-order valence-corrected chi connectivity index (χ2v) is 16.9. The Bertz CT molecular complexity index is 811. The Morgan fingerprint density at radius 3 is 0.907 bits per heavy atom. The number of rotatable bonds is 43. The molecule has 0 aromatic carbocycles. The number of carbonyl (C=O) groups is 3. The first kappa shape index (κ1) is 52.4. The number of hydrogen-bond acceptors (Lipinski definition) is 6. The number of carbonyl (C=O) groups excluding carboxylic acids is 3. The molecule has 0 amide bonds. The van der Waals surface area contributed by atoms with Gasteiger partial charge in [-0.1, -0.05) is 227 Å². The van der Waals surface area contributed by atoms with E-state index in [1.54, 1.807) is 0 Å². The molecule has 0 heterocycles. The van der Waals surface area contributed by atoms with Gasteiger partial charge < -0.3 is 14.2 Å². The maximum atomic E-state index is 12.7. The quantitative estimate of drug-likeness (QED) is 0.0349. The first-order chi connectivity index (χ1) is 26.4. The molecule has 0 aromatic heterocycles. The van der Waals surface area contributed by atoms with E-state index in [0.29, 0.717) is 19.3 Å². The Morgan fingerprint density at radius 1 is 0.352 bits per heavy atom. The van der Waals surface area contributed by atoms with Crippen molar-refractivity contribution in [2.75, 3.05) is 13.2 Å². The van der Waals surface area contributed by atoms with E-state index in [2.05, 4.69) is 27.7 Å². The van der Waals surface area contributed by atoms with Gasteiger partial charge in [-0.15, -0.1) is 0 Å². The average molecular weight is 765 g/mol. The van der Waals surface area contributed by atoms with E-state index in [4.69, 9.17) is 14.2 Å². The van der Waals surface area contributed by atoms with Gasteiger partial charge in [0, 0.05) is 19.3 Å². The highest BCUT2D eigenvalue weighted by Crippen LogP contribution is 2.16. The summed E-state index contributed by atoms with van der Waals surface area (Å²) in [4.78, 5) is 37.7. The Hall–Kier alpha value is -1.59. The number of esters is 3. The summed E-state index contributed by atoms with van der Waals surface area (Å²) >= 11 is 0. The average Bonchev–Trinajstić information content (AvgIpc) is 3.15. The van der Waals surface area contributed by atoms with Gasteiger partial charge in [0.1, 0.15) is 13.2 Å². The highest BCUT2D eigenvalue weighted by atomic mass is 16.6. The lowest BCUT2D eigenvalue weighted by Crippen LogP contribution is -2.30. The lowest BCUT2D eigenvalue weighted by atomic mass is 10.0. The molecule has 0 aliphatic carbocycles. The van der Waals surface area contributed by atoms with E-state index in [1.165, 1.54) is 161 Å². The molecular weight excluding hydrogens is 673 g/mol. The van der Waals surface area contributed by atoms with Crippen molar-refractivity contribution in [1.29, 1.82) is 0 Å². The third kappa shape index (κ3) is 41.6. The molecule has 0 saturated carbocycles. The van der Waals surface area contributed by atoms with Crippen LogP contribution < -0.4 is 0 Å². The van der Waals surface area contributed by atoms with Gasteiger partial charge >= 0.3 is 17.9 Å². The standard InChI is InChI=1S/C48H92O6/c1-5-7-9-11-13-15-16-17-20-24-28-32-36-40-47(50)53-43-45(42-52-46(49)39-35-31-27-22-14-12-10-8-6-2)54-48(51)41-37-33-29-25-21-18-19-23-26-30-34-38-44(3)4/h44-45H,5-43H2,1-4H3/t45-/m1/s1. The smallest absolute Gasteiger partial charge is 0.306 e. The summed E-state index contributed by atoms with van der Waals surface area (Å²) in [6.45, 7) is 8.98. The van der Waals surface area contributed by atoms with Gasteiger partial charge in [-0.3, -0.25) is 14.4 Å². The normalized spacial score (nSPS) is 11.9. The Balaban J connectivity index is 4.30. The van der Waals surface area contributed by atoms with E-state index in [-0.39, 0.29) is 31.1 Å². The first-order valence-electron chi connectivity index (χ1n) is 23.9. The summed E-state index contributed by atoms with van der Waals surface area (Å²) < 4.78 is 16.7. The van der Waals surface area contributed by atoms with Gasteiger partial charge in [-0.2, -0.15) is 0 Å². The Labute approximate surface area is 336 Å². The number of ether oxygens (including phenoxy) is 3. The van der Waals surface area contributed by atoms with Crippen LogP contribution >= 0.6 is 0 Å². The summed E-state index contributed by atoms with van der Waals surface area (Å²) in [5.41, 5.74) is 0. The van der Waals surface area contributed by atoms with Crippen LogP contribution in [-0.4, -0.2) is 37.2 Å². The first-order valence-corrected chi connectivity index (χ1v) is 23.9. The lowest BCUT2D eigenvalue weighted by Gasteiger charge is -2.18. The van der Waals surface area contributed by atoms with Gasteiger partial charge in [0.2, 0.25) is 0 Å². The van der Waals surface area contributed by atoms with Crippen molar-refractivity contribution in [1.82, 2.24) is 0 Å². The largest absolute Gasteiger partial charge is 0.462 e. The van der Waals surface area contributed by atoms with Crippen molar-refractivity contribution in [3.63, 3.8) is 0 Å². The van der Waals surface area contributed by atoms with Crippen LogP contribution in [-0.2, 0) is 28.6 Å². The molecule has 0 bridgehead atoms. The molecule has 54 heavy (non-hydrogen) atoms. The Kier molecular flexibility index (Phi) is 41.3. The minimum absolute atomic E-state index is 0.0634. The van der Waals surface area contributed by atoms with E-state index in [9.17, 15) is 14.4 Å². The third-order valence-corrected chi connectivity index (χ3v) is 10.8. The second-order valence-electron chi connectivity index (χ2n) is 16.9. The van der Waals surface area contributed by atoms with Crippen molar-refractivity contribution in [3.05, 3.63) is 0 Å². The molecule has 0 unspecified atom stereocenters. The molecule has 0 radical (unpaired) electrons. The summed E-state index contributed by atoms with van der Waals surface area (Å²) in [7, 11) is 0. The summed E-state index contributed by atoms with van der Waals surface area (Å²) in [5, 5.41) is 0. The molecule has 0 saturated heterocycles. The molecule has 0 fully saturated rings. The summed E-state index contributed by atoms with van der Waals surface area (Å²) in [6.07, 6.45) is 42.3. The number of hydrogen-bond donors (Lipinski definition) is 0. The van der Waals surface area contributed by atoms with Crippen LogP contribution in [0.3, 0.4) is 0 Å². The highest BCUT2D eigenvalue weighted by molar-refractivity contribution is 5.71. The molecule has 1 atom stereocenters. The zero-order chi connectivity index (χ0) is 39.6. The van der Waals surface area contributed by atoms with Crippen LogP contribution in [0.2, 0.25) is 0 Å². The van der Waals surface area contributed by atoms with Crippen molar-refractivity contribution in [2.24, 2.45) is 5.92 Å². The molecule has 0 N–H and O–H groups in total. The molecule has 0 aliphatic heterocycles. The van der Waals surface area contributed by atoms with Crippen LogP contribution in [0.15, 0.2) is 0 Å². The van der Waals surface area contributed by atoms with Crippen molar-refractivity contribution in [3.8, 4) is 0 Å². The van der Waals surface area contributed by atoms with E-state index < -0.39 is 6.10 Å². The topological polar surface area (TPSA) is 78.9 Å². The molecule has 0 rings (SSSR count). The van der Waals surface area contributed by atoms with Gasteiger partial charge in [0.15, 0.2) is 6.10 Å². The highest BCUT2D eigenvalue weighted by Gasteiger charge is 2.19. The zero-order valence-corrected chi connectivity index (χ0v) is 36.7. The van der Waals surface area contributed by atoms with Gasteiger partial charge in [-0.25, -0.2) is 0 Å². The molecule has 6 heteroatoms. The maximum absolute atomic E-state index is 12.7. The van der Waals surface area contributed by atoms with Gasteiger partial charge in [-0.05, 0) is 25.2 Å². The predicted molar refractivity (Wildman–Crippen MR) is 229 cm³/mol. The van der Waals surface area contributed by atoms with Crippen LogP contribution in [0, 0.1) is 5.92 Å². The van der Waals surface area contributed by atoms with E-state index in [0.717, 1.165) is 63.7 Å². The SMILES string of the molecule is CCCCCCCCCCCCCCCC(=O)OC[C@@H](COC(=O)CCCCCCCCCCC)OC(=O)CCCCCCCCCCCCCC(C)C. The Morgan fingerprint density at radius 2 is 0.611 bits per heavy atom. The molecular formula is C48H92O6. The molecule has 0 aliphatic rings. The lowest BCUT2D eigenvalue weighted by molar-refractivity contribution is -0.167. The minimum atomic E-state index is -0.759. The van der Waals surface area contributed by atoms with E-state index in [1.807, 2.05) is 0 Å². The van der Waals surface area contributed by atoms with Crippen molar-refractivity contribution >= 4 is 17.9 Å². The molecule has 320 valence electrons.